The molecule has 4 aromatic rings. The Bertz CT molecular complexity index is 1100. The van der Waals surface area contributed by atoms with E-state index in [1.54, 1.807) is 6.20 Å². The van der Waals surface area contributed by atoms with Gasteiger partial charge < -0.3 is 5.32 Å². The molecule has 0 fully saturated rings. The fourth-order valence-electron chi connectivity index (χ4n) is 3.75. The molecule has 0 spiro atoms. The number of anilines is 1. The quantitative estimate of drug-likeness (QED) is 0.563. The van der Waals surface area contributed by atoms with Crippen molar-refractivity contribution in [1.29, 1.82) is 0 Å². The van der Waals surface area contributed by atoms with Gasteiger partial charge in [0.2, 0.25) is 5.95 Å². The fraction of sp³-hybridized carbons (Fsp3) is 0.286. The Morgan fingerprint density at radius 2 is 1.96 bits per heavy atom. The van der Waals surface area contributed by atoms with E-state index in [-0.39, 0.29) is 0 Å². The summed E-state index contributed by atoms with van der Waals surface area (Å²) < 4.78 is 1.95. The summed E-state index contributed by atoms with van der Waals surface area (Å²) in [5.41, 5.74) is 2.69. The van der Waals surface area contributed by atoms with Crippen molar-refractivity contribution in [3.05, 3.63) is 64.6 Å². The molecule has 0 amide bonds. The molecule has 27 heavy (non-hydrogen) atoms. The van der Waals surface area contributed by atoms with Crippen LogP contribution < -0.4 is 5.32 Å². The summed E-state index contributed by atoms with van der Waals surface area (Å²) >= 11 is 1.83. The highest BCUT2D eigenvalue weighted by Gasteiger charge is 2.21. The lowest BCUT2D eigenvalue weighted by molar-refractivity contribution is 0.700. The van der Waals surface area contributed by atoms with Gasteiger partial charge >= 0.3 is 0 Å². The van der Waals surface area contributed by atoms with Gasteiger partial charge in [0.15, 0.2) is 0 Å². The Labute approximate surface area is 162 Å². The number of nitrogens with zero attached hydrogens (tertiary/aromatic N) is 4. The predicted octanol–water partition coefficient (Wildman–Crippen LogP) is 4.68. The fourth-order valence-corrected chi connectivity index (χ4v) is 5.01. The second kappa shape index (κ2) is 6.78. The maximum atomic E-state index is 4.91. The Morgan fingerprint density at radius 1 is 1.11 bits per heavy atom. The van der Waals surface area contributed by atoms with Crippen LogP contribution in [0.4, 0.5) is 5.82 Å². The van der Waals surface area contributed by atoms with E-state index < -0.39 is 0 Å². The van der Waals surface area contributed by atoms with Gasteiger partial charge in [-0.05, 0) is 43.7 Å². The highest BCUT2D eigenvalue weighted by molar-refractivity contribution is 7.19. The molecule has 0 unspecified atom stereocenters. The zero-order valence-corrected chi connectivity index (χ0v) is 16.1. The third-order valence-corrected chi connectivity index (χ3v) is 6.33. The van der Waals surface area contributed by atoms with Crippen LogP contribution in [0.3, 0.4) is 0 Å². The van der Waals surface area contributed by atoms with Crippen LogP contribution in [0, 0.1) is 6.92 Å². The van der Waals surface area contributed by atoms with Crippen LogP contribution in [0.15, 0.2) is 42.7 Å². The second-order valence-corrected chi connectivity index (χ2v) is 8.03. The molecule has 1 aliphatic rings. The minimum atomic E-state index is 0.687. The number of hydrogen-bond acceptors (Lipinski definition) is 5. The van der Waals surface area contributed by atoms with Crippen molar-refractivity contribution in [3.8, 4) is 5.95 Å². The van der Waals surface area contributed by atoms with E-state index in [0.717, 1.165) is 35.9 Å². The Morgan fingerprint density at radius 3 is 2.78 bits per heavy atom. The van der Waals surface area contributed by atoms with E-state index >= 15 is 0 Å². The van der Waals surface area contributed by atoms with Gasteiger partial charge in [-0.15, -0.1) is 11.3 Å². The molecule has 3 aromatic heterocycles. The summed E-state index contributed by atoms with van der Waals surface area (Å²) in [6.07, 6.45) is 8.52. The van der Waals surface area contributed by atoms with Gasteiger partial charge in [0.25, 0.3) is 0 Å². The molecule has 1 aliphatic carbocycles. The van der Waals surface area contributed by atoms with Crippen LogP contribution in [0.2, 0.25) is 0 Å². The van der Waals surface area contributed by atoms with Crippen LogP contribution in [0.25, 0.3) is 16.2 Å². The average molecular weight is 376 g/mol. The smallest absolute Gasteiger partial charge is 0.238 e. The van der Waals surface area contributed by atoms with Crippen molar-refractivity contribution in [2.75, 3.05) is 5.32 Å². The van der Waals surface area contributed by atoms with Crippen molar-refractivity contribution >= 4 is 27.4 Å². The van der Waals surface area contributed by atoms with Gasteiger partial charge in [0.1, 0.15) is 16.5 Å². The number of nitrogens with one attached hydrogen (secondary N) is 1. The molecule has 136 valence electrons. The lowest BCUT2D eigenvalue weighted by atomic mass is 9.97. The lowest BCUT2D eigenvalue weighted by Crippen LogP contribution is -2.08. The highest BCUT2D eigenvalue weighted by Crippen LogP contribution is 2.39. The number of rotatable bonds is 4. The van der Waals surface area contributed by atoms with Gasteiger partial charge in [0, 0.05) is 23.8 Å². The van der Waals surface area contributed by atoms with Crippen molar-refractivity contribution in [3.63, 3.8) is 0 Å². The largest absolute Gasteiger partial charge is 0.365 e. The number of aryl methyl sites for hydroxylation is 3. The van der Waals surface area contributed by atoms with E-state index in [0.29, 0.717) is 5.95 Å². The lowest BCUT2D eigenvalue weighted by Gasteiger charge is -2.14. The van der Waals surface area contributed by atoms with E-state index in [4.69, 9.17) is 9.97 Å². The molecule has 0 saturated heterocycles. The number of thiophene rings is 1. The summed E-state index contributed by atoms with van der Waals surface area (Å²) in [6.45, 7) is 2.73. The first-order valence-corrected chi connectivity index (χ1v) is 10.2. The second-order valence-electron chi connectivity index (χ2n) is 6.95. The number of aromatic nitrogens is 4. The topological polar surface area (TPSA) is 55.6 Å². The first-order chi connectivity index (χ1) is 13.3. The molecular weight excluding hydrogens is 354 g/mol. The van der Waals surface area contributed by atoms with E-state index in [1.807, 2.05) is 35.1 Å². The number of benzene rings is 1. The Balaban J connectivity index is 1.63. The third kappa shape index (κ3) is 3.00. The molecule has 5 rings (SSSR count). The summed E-state index contributed by atoms with van der Waals surface area (Å²) in [4.78, 5) is 16.7. The average Bonchev–Trinajstić information content (AvgIpc) is 3.30. The maximum absolute atomic E-state index is 4.91. The summed E-state index contributed by atoms with van der Waals surface area (Å²) in [6, 6.07) is 10.4. The third-order valence-electron chi connectivity index (χ3n) is 5.15. The minimum absolute atomic E-state index is 0.687. The zero-order chi connectivity index (χ0) is 18.2. The van der Waals surface area contributed by atoms with E-state index in [2.05, 4.69) is 34.6 Å². The molecule has 3 heterocycles. The van der Waals surface area contributed by atoms with E-state index in [9.17, 15) is 0 Å². The monoisotopic (exact) mass is 375 g/mol. The van der Waals surface area contributed by atoms with Crippen LogP contribution in [-0.2, 0) is 19.4 Å². The van der Waals surface area contributed by atoms with Gasteiger partial charge in [-0.3, -0.25) is 4.57 Å². The molecule has 6 heteroatoms. The Hall–Kier alpha value is -2.73. The van der Waals surface area contributed by atoms with Crippen LogP contribution in [-0.4, -0.2) is 19.5 Å². The molecule has 0 radical (unpaired) electrons. The normalized spacial score (nSPS) is 13.7. The molecule has 1 N–H and O–H groups in total. The molecule has 0 saturated carbocycles. The highest BCUT2D eigenvalue weighted by atomic mass is 32.1. The molecule has 0 aliphatic heterocycles. The van der Waals surface area contributed by atoms with Crippen LogP contribution in [0.5, 0.6) is 0 Å². The predicted molar refractivity (Wildman–Crippen MR) is 110 cm³/mol. The molecule has 0 bridgehead atoms. The summed E-state index contributed by atoms with van der Waals surface area (Å²) in [7, 11) is 0. The molecule has 0 atom stereocenters. The zero-order valence-electron chi connectivity index (χ0n) is 15.3. The van der Waals surface area contributed by atoms with Gasteiger partial charge in [0.05, 0.1) is 5.39 Å². The van der Waals surface area contributed by atoms with Crippen molar-refractivity contribution in [2.45, 2.75) is 39.2 Å². The van der Waals surface area contributed by atoms with Crippen LogP contribution >= 0.6 is 11.3 Å². The van der Waals surface area contributed by atoms with Gasteiger partial charge in [-0.25, -0.2) is 9.97 Å². The number of imidazole rings is 1. The maximum Gasteiger partial charge on any atom is 0.238 e. The summed E-state index contributed by atoms with van der Waals surface area (Å²) in [5.74, 6) is 2.52. The summed E-state index contributed by atoms with van der Waals surface area (Å²) in [5, 5.41) is 4.80. The van der Waals surface area contributed by atoms with E-state index in [1.165, 1.54) is 34.2 Å². The molecule has 1 aromatic carbocycles. The van der Waals surface area contributed by atoms with Crippen molar-refractivity contribution in [2.24, 2.45) is 0 Å². The van der Waals surface area contributed by atoms with Crippen molar-refractivity contribution < 1.29 is 0 Å². The first-order valence-electron chi connectivity index (χ1n) is 9.40. The minimum Gasteiger partial charge on any atom is -0.365 e. The Kier molecular flexibility index (Phi) is 4.13. The first kappa shape index (κ1) is 16.4. The molecule has 5 nitrogen and oxygen atoms in total. The standard InChI is InChI=1S/C21H21N5S/c1-14-22-11-12-26(14)21-24-19(23-13-15-7-3-2-4-8-15)18-16-9-5-6-10-17(16)27-20(18)25-21/h2-4,7-8,11-12H,5-6,9-10,13H2,1H3,(H,23,24,25). The number of hydrogen-bond donors (Lipinski definition) is 1. The molecular formula is C21H21N5S. The number of fused-ring (bicyclic) bond motifs is 3. The van der Waals surface area contributed by atoms with Crippen LogP contribution in [0.1, 0.15) is 34.7 Å². The van der Waals surface area contributed by atoms with Gasteiger partial charge in [-0.2, -0.15) is 4.98 Å². The van der Waals surface area contributed by atoms with Gasteiger partial charge in [-0.1, -0.05) is 30.3 Å². The SMILES string of the molecule is Cc1nccn1-c1nc(NCc2ccccc2)c2c3c(sc2n1)CCCC3. The van der Waals surface area contributed by atoms with Crippen molar-refractivity contribution in [1.82, 2.24) is 19.5 Å².